The van der Waals surface area contributed by atoms with Crippen molar-refractivity contribution < 1.29 is 9.53 Å². The van der Waals surface area contributed by atoms with Crippen molar-refractivity contribution in [3.8, 4) is 0 Å². The number of carbonyl (C=O) groups is 1. The van der Waals surface area contributed by atoms with Gasteiger partial charge in [0.1, 0.15) is 0 Å². The molecule has 0 aromatic carbocycles. The third-order valence-corrected chi connectivity index (χ3v) is 2.47. The molecule has 1 aromatic heterocycles. The number of aromatic nitrogens is 1. The fourth-order valence-electron chi connectivity index (χ4n) is 1.45. The summed E-state index contributed by atoms with van der Waals surface area (Å²) < 4.78 is 4.71. The molecule has 0 saturated carbocycles. The second-order valence-electron chi connectivity index (χ2n) is 3.62. The van der Waals surface area contributed by atoms with Crippen molar-refractivity contribution in [2.24, 2.45) is 5.92 Å². The summed E-state index contributed by atoms with van der Waals surface area (Å²) in [4.78, 5) is 15.3. The summed E-state index contributed by atoms with van der Waals surface area (Å²) >= 11 is 0. The summed E-state index contributed by atoms with van der Waals surface area (Å²) in [5.74, 6) is -0.220. The first kappa shape index (κ1) is 12.6. The third kappa shape index (κ3) is 3.98. The van der Waals surface area contributed by atoms with Crippen molar-refractivity contribution in [3.63, 3.8) is 0 Å². The van der Waals surface area contributed by atoms with Crippen LogP contribution in [0.1, 0.15) is 18.9 Å². The van der Waals surface area contributed by atoms with Gasteiger partial charge in [0.05, 0.1) is 13.0 Å². The van der Waals surface area contributed by atoms with Gasteiger partial charge in [-0.2, -0.15) is 0 Å². The molecule has 0 aliphatic heterocycles. The van der Waals surface area contributed by atoms with Gasteiger partial charge in [0.2, 0.25) is 0 Å². The fraction of sp³-hybridized carbons (Fsp3) is 0.500. The van der Waals surface area contributed by atoms with Gasteiger partial charge < -0.3 is 10.1 Å². The predicted octanol–water partition coefficient (Wildman–Crippen LogP) is 1.37. The zero-order valence-electron chi connectivity index (χ0n) is 9.77. The van der Waals surface area contributed by atoms with E-state index in [0.717, 1.165) is 18.5 Å². The Kier molecular flexibility index (Phi) is 5.50. The number of nitrogens with zero attached hydrogens (tertiary/aromatic N) is 1. The van der Waals surface area contributed by atoms with E-state index in [-0.39, 0.29) is 11.9 Å². The Balaban J connectivity index is 2.31. The number of carbonyl (C=O) groups excluding carboxylic acids is 1. The lowest BCUT2D eigenvalue weighted by atomic mass is 10.1. The van der Waals surface area contributed by atoms with Crippen molar-refractivity contribution >= 4 is 5.97 Å². The standard InChI is InChI=1S/C12H18N2O2/c1-3-11(12(15)16-2)9-14-8-10-5-4-6-13-7-10/h4-7,11,14H,3,8-9H2,1-2H3. The SMILES string of the molecule is CCC(CNCc1cccnc1)C(=O)OC. The van der Waals surface area contributed by atoms with Gasteiger partial charge in [-0.05, 0) is 18.1 Å². The lowest BCUT2D eigenvalue weighted by Gasteiger charge is -2.13. The first-order valence-electron chi connectivity index (χ1n) is 5.45. The Bertz CT molecular complexity index is 314. The molecule has 16 heavy (non-hydrogen) atoms. The number of esters is 1. The molecule has 0 aliphatic carbocycles. The number of ether oxygens (including phenoxy) is 1. The molecule has 4 nitrogen and oxygen atoms in total. The second kappa shape index (κ2) is 6.95. The topological polar surface area (TPSA) is 51.2 Å². The molecule has 0 fully saturated rings. The molecule has 1 unspecified atom stereocenters. The predicted molar refractivity (Wildman–Crippen MR) is 61.7 cm³/mol. The first-order valence-corrected chi connectivity index (χ1v) is 5.45. The van der Waals surface area contributed by atoms with Gasteiger partial charge in [-0.3, -0.25) is 9.78 Å². The van der Waals surface area contributed by atoms with Gasteiger partial charge in [-0.15, -0.1) is 0 Å². The maximum Gasteiger partial charge on any atom is 0.309 e. The third-order valence-electron chi connectivity index (χ3n) is 2.47. The van der Waals surface area contributed by atoms with Gasteiger partial charge in [0.15, 0.2) is 0 Å². The van der Waals surface area contributed by atoms with E-state index < -0.39 is 0 Å². The highest BCUT2D eigenvalue weighted by Crippen LogP contribution is 2.03. The van der Waals surface area contributed by atoms with Crippen LogP contribution < -0.4 is 5.32 Å². The normalized spacial score (nSPS) is 12.1. The summed E-state index contributed by atoms with van der Waals surface area (Å²) in [5, 5.41) is 3.23. The molecule has 4 heteroatoms. The molecular formula is C12H18N2O2. The molecule has 1 rings (SSSR count). The van der Waals surface area contributed by atoms with E-state index >= 15 is 0 Å². The number of methoxy groups -OCH3 is 1. The minimum atomic E-state index is -0.152. The molecule has 1 atom stereocenters. The van der Waals surface area contributed by atoms with E-state index in [9.17, 15) is 4.79 Å². The molecule has 1 N–H and O–H groups in total. The minimum Gasteiger partial charge on any atom is -0.469 e. The molecule has 0 spiro atoms. The van der Waals surface area contributed by atoms with Gasteiger partial charge in [0.25, 0.3) is 0 Å². The summed E-state index contributed by atoms with van der Waals surface area (Å²) in [6.45, 7) is 3.34. The minimum absolute atomic E-state index is 0.0679. The molecule has 0 saturated heterocycles. The van der Waals surface area contributed by atoms with E-state index in [2.05, 4.69) is 10.3 Å². The highest BCUT2D eigenvalue weighted by Gasteiger charge is 2.15. The van der Waals surface area contributed by atoms with Crippen LogP contribution in [-0.4, -0.2) is 24.6 Å². The first-order chi connectivity index (χ1) is 7.77. The Morgan fingerprint density at radius 2 is 2.44 bits per heavy atom. The van der Waals surface area contributed by atoms with Gasteiger partial charge in [-0.1, -0.05) is 13.0 Å². The van der Waals surface area contributed by atoms with Crippen molar-refractivity contribution in [2.45, 2.75) is 19.9 Å². The van der Waals surface area contributed by atoms with Crippen molar-refractivity contribution in [3.05, 3.63) is 30.1 Å². The number of rotatable bonds is 6. The van der Waals surface area contributed by atoms with Crippen LogP contribution in [0.3, 0.4) is 0 Å². The second-order valence-corrected chi connectivity index (χ2v) is 3.62. The maximum atomic E-state index is 11.3. The monoisotopic (exact) mass is 222 g/mol. The quantitative estimate of drug-likeness (QED) is 0.739. The van der Waals surface area contributed by atoms with Crippen LogP contribution >= 0.6 is 0 Å². The van der Waals surface area contributed by atoms with Gasteiger partial charge >= 0.3 is 5.97 Å². The van der Waals surface area contributed by atoms with E-state index in [0.29, 0.717) is 6.54 Å². The molecule has 1 aromatic rings. The summed E-state index contributed by atoms with van der Waals surface area (Å²) in [7, 11) is 1.42. The van der Waals surface area contributed by atoms with Gasteiger partial charge in [-0.25, -0.2) is 0 Å². The van der Waals surface area contributed by atoms with E-state index in [4.69, 9.17) is 4.74 Å². The number of hydrogen-bond donors (Lipinski definition) is 1. The van der Waals surface area contributed by atoms with Crippen LogP contribution in [0.5, 0.6) is 0 Å². The Morgan fingerprint density at radius 1 is 1.62 bits per heavy atom. The largest absolute Gasteiger partial charge is 0.469 e. The molecule has 1 heterocycles. The van der Waals surface area contributed by atoms with Crippen molar-refractivity contribution in [1.29, 1.82) is 0 Å². The molecule has 0 radical (unpaired) electrons. The average Bonchev–Trinajstić information content (AvgIpc) is 2.35. The Morgan fingerprint density at radius 3 is 3.00 bits per heavy atom. The van der Waals surface area contributed by atoms with Crippen LogP contribution in [0.15, 0.2) is 24.5 Å². The van der Waals surface area contributed by atoms with E-state index in [1.54, 1.807) is 6.20 Å². The summed E-state index contributed by atoms with van der Waals surface area (Å²) in [5.41, 5.74) is 1.11. The van der Waals surface area contributed by atoms with E-state index in [1.165, 1.54) is 7.11 Å². The fourth-order valence-corrected chi connectivity index (χ4v) is 1.45. The van der Waals surface area contributed by atoms with Crippen LogP contribution in [0.4, 0.5) is 0 Å². The van der Waals surface area contributed by atoms with Crippen molar-refractivity contribution in [1.82, 2.24) is 10.3 Å². The summed E-state index contributed by atoms with van der Waals surface area (Å²) in [6, 6.07) is 3.90. The zero-order chi connectivity index (χ0) is 11.8. The number of hydrogen-bond acceptors (Lipinski definition) is 4. The molecular weight excluding hydrogens is 204 g/mol. The van der Waals surface area contributed by atoms with Crippen molar-refractivity contribution in [2.75, 3.05) is 13.7 Å². The van der Waals surface area contributed by atoms with Crippen LogP contribution in [-0.2, 0) is 16.1 Å². The van der Waals surface area contributed by atoms with Crippen LogP contribution in [0.25, 0.3) is 0 Å². The van der Waals surface area contributed by atoms with Gasteiger partial charge in [0, 0.05) is 25.5 Å². The van der Waals surface area contributed by atoms with Crippen LogP contribution in [0.2, 0.25) is 0 Å². The maximum absolute atomic E-state index is 11.3. The lowest BCUT2D eigenvalue weighted by molar-refractivity contribution is -0.145. The Hall–Kier alpha value is -1.42. The number of nitrogens with one attached hydrogen (secondary N) is 1. The highest BCUT2D eigenvalue weighted by atomic mass is 16.5. The molecule has 0 aliphatic rings. The highest BCUT2D eigenvalue weighted by molar-refractivity contribution is 5.72. The smallest absolute Gasteiger partial charge is 0.309 e. The van der Waals surface area contributed by atoms with Crippen LogP contribution in [0, 0.1) is 5.92 Å². The Labute approximate surface area is 96.0 Å². The molecule has 0 bridgehead atoms. The lowest BCUT2D eigenvalue weighted by Crippen LogP contribution is -2.28. The average molecular weight is 222 g/mol. The zero-order valence-corrected chi connectivity index (χ0v) is 9.77. The summed E-state index contributed by atoms with van der Waals surface area (Å²) in [6.07, 6.45) is 4.34. The van der Waals surface area contributed by atoms with E-state index in [1.807, 2.05) is 25.3 Å². The molecule has 88 valence electrons. The molecule has 0 amide bonds. The number of pyridine rings is 1.